The molecule has 0 radical (unpaired) electrons. The van der Waals surface area contributed by atoms with E-state index in [0.29, 0.717) is 28.8 Å². The molecule has 0 saturated carbocycles. The molecule has 0 heterocycles. The van der Waals surface area contributed by atoms with E-state index in [0.717, 1.165) is 16.7 Å². The van der Waals surface area contributed by atoms with Gasteiger partial charge in [-0.2, -0.15) is 0 Å². The van der Waals surface area contributed by atoms with Gasteiger partial charge in [0.05, 0.1) is 5.75 Å². The molecule has 2 aromatic rings. The summed E-state index contributed by atoms with van der Waals surface area (Å²) in [6.45, 7) is 8.19. The molecule has 0 aliphatic carbocycles. The van der Waals surface area contributed by atoms with Crippen LogP contribution < -0.4 is 5.32 Å². The molecule has 0 spiro atoms. The lowest BCUT2D eigenvalue weighted by Gasteiger charge is -2.31. The molecule has 0 aliphatic rings. The van der Waals surface area contributed by atoms with E-state index < -0.39 is 6.04 Å². The molecule has 0 fully saturated rings. The molecular formula is C24H30Cl2N2O2S. The summed E-state index contributed by atoms with van der Waals surface area (Å²) in [4.78, 5) is 27.8. The number of thioether (sulfide) groups is 1. The summed E-state index contributed by atoms with van der Waals surface area (Å²) >= 11 is 13.7. The first-order valence-electron chi connectivity index (χ1n) is 10.4. The Kier molecular flexibility index (Phi) is 10.2. The van der Waals surface area contributed by atoms with E-state index in [1.165, 1.54) is 11.8 Å². The van der Waals surface area contributed by atoms with Crippen molar-refractivity contribution in [1.82, 2.24) is 10.2 Å². The number of hydrogen-bond donors (Lipinski definition) is 1. The molecule has 0 bridgehead atoms. The van der Waals surface area contributed by atoms with Crippen molar-refractivity contribution in [3.05, 3.63) is 69.2 Å². The highest BCUT2D eigenvalue weighted by molar-refractivity contribution is 7.99. The summed E-state index contributed by atoms with van der Waals surface area (Å²) in [6.07, 6.45) is 0.545. The van der Waals surface area contributed by atoms with E-state index in [1.807, 2.05) is 58.0 Å². The summed E-state index contributed by atoms with van der Waals surface area (Å²) in [6, 6.07) is 12.8. The van der Waals surface area contributed by atoms with Crippen molar-refractivity contribution in [2.75, 3.05) is 5.75 Å². The zero-order valence-corrected chi connectivity index (χ0v) is 20.8. The number of carbonyl (C=O) groups is 2. The van der Waals surface area contributed by atoms with E-state index in [-0.39, 0.29) is 23.6 Å². The second kappa shape index (κ2) is 12.4. The Labute approximate surface area is 199 Å². The largest absolute Gasteiger partial charge is 0.352 e. The van der Waals surface area contributed by atoms with Crippen molar-refractivity contribution in [2.45, 2.75) is 58.5 Å². The predicted molar refractivity (Wildman–Crippen MR) is 132 cm³/mol. The fourth-order valence-electron chi connectivity index (χ4n) is 3.24. The number of amides is 2. The minimum Gasteiger partial charge on any atom is -0.352 e. The quantitative estimate of drug-likeness (QED) is 0.462. The summed E-state index contributed by atoms with van der Waals surface area (Å²) in [5.74, 6) is 0.667. The number of nitrogens with zero attached hydrogens (tertiary/aromatic N) is 1. The Morgan fingerprint density at radius 3 is 2.42 bits per heavy atom. The first-order chi connectivity index (χ1) is 14.7. The molecule has 2 aromatic carbocycles. The fourth-order valence-corrected chi connectivity index (χ4v) is 4.71. The lowest BCUT2D eigenvalue weighted by molar-refractivity contribution is -0.139. The lowest BCUT2D eigenvalue weighted by Crippen LogP contribution is -2.51. The third-order valence-electron chi connectivity index (χ3n) is 4.92. The number of nitrogens with one attached hydrogen (secondary N) is 1. The summed E-state index contributed by atoms with van der Waals surface area (Å²) in [7, 11) is 0. The maximum atomic E-state index is 13.2. The first kappa shape index (κ1) is 25.6. The number of aryl methyl sites for hydroxylation is 1. The number of halogens is 2. The second-order valence-electron chi connectivity index (χ2n) is 7.76. The molecule has 0 aliphatic heterocycles. The van der Waals surface area contributed by atoms with Crippen molar-refractivity contribution in [3.8, 4) is 0 Å². The van der Waals surface area contributed by atoms with E-state index >= 15 is 0 Å². The van der Waals surface area contributed by atoms with Gasteiger partial charge in [0.25, 0.3) is 0 Å². The first-order valence-corrected chi connectivity index (χ1v) is 12.3. The van der Waals surface area contributed by atoms with Gasteiger partial charge in [0.1, 0.15) is 6.04 Å². The van der Waals surface area contributed by atoms with Gasteiger partial charge in [-0.1, -0.05) is 60.5 Å². The Morgan fingerprint density at radius 1 is 1.10 bits per heavy atom. The molecular weight excluding hydrogens is 451 g/mol. The smallest absolute Gasteiger partial charge is 0.243 e. The molecule has 1 atom stereocenters. The highest BCUT2D eigenvalue weighted by Crippen LogP contribution is 2.25. The maximum Gasteiger partial charge on any atom is 0.243 e. The van der Waals surface area contributed by atoms with Crippen molar-refractivity contribution < 1.29 is 9.59 Å². The number of hydrogen-bond acceptors (Lipinski definition) is 3. The van der Waals surface area contributed by atoms with Gasteiger partial charge >= 0.3 is 0 Å². The third-order valence-corrected chi connectivity index (χ3v) is 6.47. The van der Waals surface area contributed by atoms with Crippen LogP contribution in [0.25, 0.3) is 0 Å². The van der Waals surface area contributed by atoms with E-state index in [9.17, 15) is 9.59 Å². The molecule has 0 aromatic heterocycles. The Bertz CT molecular complexity index is 905. The van der Waals surface area contributed by atoms with Gasteiger partial charge in [-0.05, 0) is 56.0 Å². The van der Waals surface area contributed by atoms with Crippen LogP contribution in [-0.2, 0) is 21.9 Å². The minimum atomic E-state index is -0.519. The molecule has 7 heteroatoms. The molecule has 168 valence electrons. The van der Waals surface area contributed by atoms with Crippen LogP contribution in [0.5, 0.6) is 0 Å². The summed E-state index contributed by atoms with van der Waals surface area (Å²) < 4.78 is 0. The van der Waals surface area contributed by atoms with Gasteiger partial charge in [-0.3, -0.25) is 9.59 Å². The molecule has 4 nitrogen and oxygen atoms in total. The van der Waals surface area contributed by atoms with E-state index in [2.05, 4.69) is 5.32 Å². The average molecular weight is 481 g/mol. The number of rotatable bonds is 10. The third kappa shape index (κ3) is 7.74. The molecule has 31 heavy (non-hydrogen) atoms. The van der Waals surface area contributed by atoms with Crippen LogP contribution in [-0.4, -0.2) is 34.6 Å². The minimum absolute atomic E-state index is 0.0124. The van der Waals surface area contributed by atoms with Gasteiger partial charge in [0.2, 0.25) is 11.8 Å². The molecule has 0 saturated heterocycles. The molecule has 2 rings (SSSR count). The number of carbonyl (C=O) groups excluding carboxylic acids is 2. The van der Waals surface area contributed by atoms with E-state index in [1.54, 1.807) is 17.0 Å². The maximum absolute atomic E-state index is 13.2. The van der Waals surface area contributed by atoms with Crippen molar-refractivity contribution in [1.29, 1.82) is 0 Å². The normalized spacial score (nSPS) is 12.0. The van der Waals surface area contributed by atoms with Crippen molar-refractivity contribution >= 4 is 46.8 Å². The highest BCUT2D eigenvalue weighted by atomic mass is 35.5. The molecule has 2 amide bonds. The van der Waals surface area contributed by atoms with Crippen LogP contribution in [0.3, 0.4) is 0 Å². The Morgan fingerprint density at radius 2 is 1.81 bits per heavy atom. The van der Waals surface area contributed by atoms with Crippen LogP contribution in [0, 0.1) is 6.92 Å². The molecule has 1 N–H and O–H groups in total. The van der Waals surface area contributed by atoms with Gasteiger partial charge in [0, 0.05) is 28.4 Å². The number of benzene rings is 2. The van der Waals surface area contributed by atoms with E-state index in [4.69, 9.17) is 23.2 Å². The van der Waals surface area contributed by atoms with Crippen LogP contribution in [0.1, 0.15) is 43.9 Å². The van der Waals surface area contributed by atoms with Gasteiger partial charge < -0.3 is 10.2 Å². The van der Waals surface area contributed by atoms with Crippen LogP contribution in [0.2, 0.25) is 10.0 Å². The Hall–Kier alpha value is -1.69. The fraction of sp³-hybridized carbons (Fsp3) is 0.417. The summed E-state index contributed by atoms with van der Waals surface area (Å²) in [5, 5.41) is 4.13. The Balaban J connectivity index is 2.16. The second-order valence-corrected chi connectivity index (χ2v) is 9.59. The monoisotopic (exact) mass is 480 g/mol. The van der Waals surface area contributed by atoms with Crippen molar-refractivity contribution in [3.63, 3.8) is 0 Å². The topological polar surface area (TPSA) is 49.4 Å². The van der Waals surface area contributed by atoms with Gasteiger partial charge in [-0.25, -0.2) is 0 Å². The van der Waals surface area contributed by atoms with Crippen LogP contribution in [0.15, 0.2) is 42.5 Å². The standard InChI is InChI=1S/C24H30Cl2N2O2S/c1-5-22(24(30)27-16(2)3)28(13-18-9-7-6-8-17(18)4)23(29)15-31-14-19-10-11-20(25)12-21(19)26/h6-12,16,22H,5,13-15H2,1-4H3,(H,27,30). The zero-order chi connectivity index (χ0) is 23.0. The van der Waals surface area contributed by atoms with Crippen LogP contribution >= 0.6 is 35.0 Å². The lowest BCUT2D eigenvalue weighted by atomic mass is 10.1. The predicted octanol–water partition coefficient (Wildman–Crippen LogP) is 5.87. The van der Waals surface area contributed by atoms with Gasteiger partial charge in [0.15, 0.2) is 0 Å². The highest BCUT2D eigenvalue weighted by Gasteiger charge is 2.29. The van der Waals surface area contributed by atoms with Crippen molar-refractivity contribution in [2.24, 2.45) is 0 Å². The van der Waals surface area contributed by atoms with Gasteiger partial charge in [-0.15, -0.1) is 11.8 Å². The zero-order valence-electron chi connectivity index (χ0n) is 18.5. The summed E-state index contributed by atoms with van der Waals surface area (Å²) in [5.41, 5.74) is 3.07. The van der Waals surface area contributed by atoms with Crippen LogP contribution in [0.4, 0.5) is 0 Å². The SMILES string of the molecule is CCC(C(=O)NC(C)C)N(Cc1ccccc1C)C(=O)CSCc1ccc(Cl)cc1Cl. The molecule has 1 unspecified atom stereocenters. The average Bonchev–Trinajstić information content (AvgIpc) is 2.70.